The van der Waals surface area contributed by atoms with Crippen LogP contribution in [0.25, 0.3) is 0 Å². The van der Waals surface area contributed by atoms with E-state index in [0.717, 1.165) is 18.7 Å². The van der Waals surface area contributed by atoms with Crippen LogP contribution >= 0.6 is 0 Å². The number of rotatable bonds is 3. The van der Waals surface area contributed by atoms with E-state index in [0.29, 0.717) is 12.6 Å². The fourth-order valence-corrected chi connectivity index (χ4v) is 2.35. The van der Waals surface area contributed by atoms with E-state index < -0.39 is 0 Å². The van der Waals surface area contributed by atoms with E-state index in [-0.39, 0.29) is 6.09 Å². The number of benzene rings is 1. The van der Waals surface area contributed by atoms with E-state index >= 15 is 0 Å². The van der Waals surface area contributed by atoms with Crippen molar-refractivity contribution in [3.8, 4) is 0 Å². The van der Waals surface area contributed by atoms with E-state index in [1.54, 1.807) is 4.90 Å². The van der Waals surface area contributed by atoms with E-state index in [4.69, 9.17) is 4.74 Å². The summed E-state index contributed by atoms with van der Waals surface area (Å²) in [7, 11) is 0. The molecule has 0 aromatic heterocycles. The van der Waals surface area contributed by atoms with Crippen molar-refractivity contribution in [3.63, 3.8) is 0 Å². The highest BCUT2D eigenvalue weighted by atomic mass is 16.6. The van der Waals surface area contributed by atoms with Gasteiger partial charge in [0.15, 0.2) is 0 Å². The Kier molecular flexibility index (Phi) is 3.19. The molecule has 4 nitrogen and oxygen atoms in total. The molecule has 1 aromatic carbocycles. The van der Waals surface area contributed by atoms with Crippen molar-refractivity contribution in [1.82, 2.24) is 9.80 Å². The van der Waals surface area contributed by atoms with Gasteiger partial charge in [0, 0.05) is 19.1 Å². The van der Waals surface area contributed by atoms with Gasteiger partial charge in [-0.25, -0.2) is 4.79 Å². The van der Waals surface area contributed by atoms with Gasteiger partial charge in [0.25, 0.3) is 0 Å². The first kappa shape index (κ1) is 11.5. The fraction of sp³-hybridized carbons (Fsp3) is 0.500. The quantitative estimate of drug-likeness (QED) is 0.814. The summed E-state index contributed by atoms with van der Waals surface area (Å²) in [6.45, 7) is 4.40. The van der Waals surface area contributed by atoms with Crippen LogP contribution < -0.4 is 0 Å². The van der Waals surface area contributed by atoms with Crippen molar-refractivity contribution in [2.24, 2.45) is 0 Å². The molecule has 2 fully saturated rings. The molecule has 2 aliphatic rings. The first-order chi connectivity index (χ1) is 8.83. The second-order valence-electron chi connectivity index (χ2n) is 4.99. The zero-order valence-corrected chi connectivity index (χ0v) is 10.4. The van der Waals surface area contributed by atoms with Crippen molar-refractivity contribution in [2.45, 2.75) is 19.1 Å². The molecule has 18 heavy (non-hydrogen) atoms. The summed E-state index contributed by atoms with van der Waals surface area (Å²) in [6, 6.07) is 10.4. The topological polar surface area (TPSA) is 32.8 Å². The average Bonchev–Trinajstić information content (AvgIpc) is 2.29. The molecule has 0 saturated carbocycles. The van der Waals surface area contributed by atoms with E-state index in [9.17, 15) is 4.79 Å². The molecule has 1 amide bonds. The molecule has 3 rings (SSSR count). The number of carbonyl (C=O) groups excluding carboxylic acids is 1. The van der Waals surface area contributed by atoms with Crippen LogP contribution in [0.2, 0.25) is 0 Å². The summed E-state index contributed by atoms with van der Waals surface area (Å²) in [5, 5.41) is 0. The molecule has 2 saturated heterocycles. The van der Waals surface area contributed by atoms with E-state index in [1.807, 2.05) is 30.3 Å². The molecule has 0 aliphatic carbocycles. The minimum Gasteiger partial charge on any atom is -0.445 e. The molecule has 0 N–H and O–H groups in total. The van der Waals surface area contributed by atoms with Gasteiger partial charge in [0.1, 0.15) is 6.61 Å². The maximum Gasteiger partial charge on any atom is 0.410 e. The third-order valence-electron chi connectivity index (χ3n) is 3.73. The van der Waals surface area contributed by atoms with Gasteiger partial charge in [0.2, 0.25) is 0 Å². The maximum absolute atomic E-state index is 11.8. The Hall–Kier alpha value is -1.55. The van der Waals surface area contributed by atoms with Gasteiger partial charge in [0.05, 0.1) is 0 Å². The number of ether oxygens (including phenoxy) is 1. The first-order valence-electron chi connectivity index (χ1n) is 6.52. The normalized spacial score (nSPS) is 20.1. The minimum absolute atomic E-state index is 0.185. The average molecular weight is 246 g/mol. The van der Waals surface area contributed by atoms with Crippen molar-refractivity contribution < 1.29 is 9.53 Å². The van der Waals surface area contributed by atoms with Crippen LogP contribution in [0.4, 0.5) is 4.79 Å². The molecule has 0 atom stereocenters. The van der Waals surface area contributed by atoms with Crippen LogP contribution in [0.3, 0.4) is 0 Å². The summed E-state index contributed by atoms with van der Waals surface area (Å²) < 4.78 is 5.28. The van der Waals surface area contributed by atoms with E-state index in [2.05, 4.69) is 4.90 Å². The number of hydrogen-bond donors (Lipinski definition) is 0. The summed E-state index contributed by atoms with van der Waals surface area (Å²) >= 11 is 0. The molecule has 2 heterocycles. The van der Waals surface area contributed by atoms with Gasteiger partial charge in [-0.15, -0.1) is 0 Å². The second-order valence-corrected chi connectivity index (χ2v) is 4.99. The van der Waals surface area contributed by atoms with Gasteiger partial charge in [-0.05, 0) is 25.1 Å². The number of amides is 1. The third kappa shape index (κ3) is 2.34. The predicted molar refractivity (Wildman–Crippen MR) is 68.2 cm³/mol. The smallest absolute Gasteiger partial charge is 0.410 e. The Morgan fingerprint density at radius 2 is 1.94 bits per heavy atom. The second kappa shape index (κ2) is 4.98. The molecule has 96 valence electrons. The third-order valence-corrected chi connectivity index (χ3v) is 3.73. The highest BCUT2D eigenvalue weighted by Crippen LogP contribution is 2.21. The maximum atomic E-state index is 11.8. The molecule has 0 radical (unpaired) electrons. The summed E-state index contributed by atoms with van der Waals surface area (Å²) in [5.41, 5.74) is 1.03. The Morgan fingerprint density at radius 3 is 2.56 bits per heavy atom. The summed E-state index contributed by atoms with van der Waals surface area (Å²) in [4.78, 5) is 16.0. The highest BCUT2D eigenvalue weighted by molar-refractivity contribution is 5.68. The minimum atomic E-state index is -0.185. The van der Waals surface area contributed by atoms with Crippen LogP contribution in [-0.4, -0.2) is 48.1 Å². The summed E-state index contributed by atoms with van der Waals surface area (Å²) in [5.74, 6) is 0. The lowest BCUT2D eigenvalue weighted by atomic mass is 10.0. The first-order valence-corrected chi connectivity index (χ1v) is 6.52. The molecular formula is C14H18N2O2. The Labute approximate surface area is 107 Å². The van der Waals surface area contributed by atoms with Crippen molar-refractivity contribution >= 4 is 6.09 Å². The van der Waals surface area contributed by atoms with Gasteiger partial charge in [-0.1, -0.05) is 30.3 Å². The number of hydrogen-bond acceptors (Lipinski definition) is 3. The van der Waals surface area contributed by atoms with Gasteiger partial charge < -0.3 is 9.64 Å². The lowest BCUT2D eigenvalue weighted by molar-refractivity contribution is -0.00456. The van der Waals surface area contributed by atoms with Crippen LogP contribution in [0.15, 0.2) is 30.3 Å². The monoisotopic (exact) mass is 246 g/mol. The van der Waals surface area contributed by atoms with Crippen molar-refractivity contribution in [3.05, 3.63) is 35.9 Å². The van der Waals surface area contributed by atoms with Gasteiger partial charge in [-0.3, -0.25) is 4.90 Å². The lowest BCUT2D eigenvalue weighted by Gasteiger charge is -2.48. The molecule has 1 aromatic rings. The summed E-state index contributed by atoms with van der Waals surface area (Å²) in [6.07, 6.45) is 1.12. The SMILES string of the molecule is O=C(OCc1ccccc1)N1CC(N2CCC2)C1. The molecule has 4 heteroatoms. The standard InChI is InChI=1S/C14H18N2O2/c17-14(18-11-12-5-2-1-3-6-12)16-9-13(10-16)15-7-4-8-15/h1-3,5-6,13H,4,7-11H2. The fourth-order valence-electron chi connectivity index (χ4n) is 2.35. The Morgan fingerprint density at radius 1 is 1.22 bits per heavy atom. The van der Waals surface area contributed by atoms with E-state index in [1.165, 1.54) is 19.5 Å². The van der Waals surface area contributed by atoms with Gasteiger partial charge in [-0.2, -0.15) is 0 Å². The predicted octanol–water partition coefficient (Wildman–Crippen LogP) is 1.71. The molecule has 2 aliphatic heterocycles. The van der Waals surface area contributed by atoms with Crippen LogP contribution in [-0.2, 0) is 11.3 Å². The van der Waals surface area contributed by atoms with Crippen LogP contribution in [0.1, 0.15) is 12.0 Å². The Balaban J connectivity index is 1.40. The number of likely N-dealkylation sites (tertiary alicyclic amines) is 2. The number of carbonyl (C=O) groups is 1. The Bertz CT molecular complexity index is 411. The zero-order valence-electron chi connectivity index (χ0n) is 10.4. The molecular weight excluding hydrogens is 228 g/mol. The molecule has 0 bridgehead atoms. The largest absolute Gasteiger partial charge is 0.445 e. The van der Waals surface area contributed by atoms with Gasteiger partial charge >= 0.3 is 6.09 Å². The van der Waals surface area contributed by atoms with Crippen LogP contribution in [0.5, 0.6) is 0 Å². The number of nitrogens with zero attached hydrogens (tertiary/aromatic N) is 2. The highest BCUT2D eigenvalue weighted by Gasteiger charge is 2.37. The lowest BCUT2D eigenvalue weighted by Crippen LogP contribution is -2.63. The molecule has 0 unspecified atom stereocenters. The zero-order chi connectivity index (χ0) is 12.4. The van der Waals surface area contributed by atoms with Crippen molar-refractivity contribution in [2.75, 3.05) is 26.2 Å². The molecule has 0 spiro atoms. The van der Waals surface area contributed by atoms with Crippen LogP contribution in [0, 0.1) is 0 Å². The van der Waals surface area contributed by atoms with Crippen molar-refractivity contribution in [1.29, 1.82) is 0 Å².